The van der Waals surface area contributed by atoms with Crippen molar-refractivity contribution in [1.29, 1.82) is 0 Å². The van der Waals surface area contributed by atoms with Gasteiger partial charge in [0.1, 0.15) is 0 Å². The Morgan fingerprint density at radius 3 is 3.00 bits per heavy atom. The lowest BCUT2D eigenvalue weighted by Gasteiger charge is -2.22. The predicted octanol–water partition coefficient (Wildman–Crippen LogP) is 3.07. The molecule has 3 aromatic rings. The average molecular weight is 323 g/mol. The zero-order chi connectivity index (χ0) is 16.2. The van der Waals surface area contributed by atoms with E-state index < -0.39 is 0 Å². The van der Waals surface area contributed by atoms with E-state index in [4.69, 9.17) is 9.52 Å². The number of nitrogens with one attached hydrogen (secondary N) is 2. The van der Waals surface area contributed by atoms with Crippen molar-refractivity contribution < 1.29 is 4.42 Å². The number of nitrogens with zero attached hydrogens (tertiary/aromatic N) is 3. The molecule has 1 fully saturated rings. The first-order chi connectivity index (χ1) is 11.9. The fourth-order valence-corrected chi connectivity index (χ4v) is 3.08. The molecule has 1 aliphatic heterocycles. The smallest absolute Gasteiger partial charge is 0.181 e. The quantitative estimate of drug-likeness (QED) is 0.755. The van der Waals surface area contributed by atoms with E-state index in [1.807, 2.05) is 18.2 Å². The Labute approximate surface area is 140 Å². The Balaban J connectivity index is 1.40. The molecule has 0 bridgehead atoms. The van der Waals surface area contributed by atoms with E-state index in [-0.39, 0.29) is 0 Å². The minimum Gasteiger partial charge on any atom is -0.444 e. The van der Waals surface area contributed by atoms with Crippen LogP contribution in [0, 0.1) is 0 Å². The Hall–Kier alpha value is -2.60. The fraction of sp³-hybridized carbons (Fsp3) is 0.333. The van der Waals surface area contributed by atoms with E-state index in [0.29, 0.717) is 12.6 Å². The lowest BCUT2D eigenvalue weighted by molar-refractivity contribution is 0.342. The third-order valence-electron chi connectivity index (χ3n) is 4.40. The van der Waals surface area contributed by atoms with Gasteiger partial charge in [-0.25, -0.2) is 4.98 Å². The van der Waals surface area contributed by atoms with Crippen LogP contribution in [0.25, 0.3) is 11.3 Å². The first-order valence-corrected chi connectivity index (χ1v) is 8.36. The predicted molar refractivity (Wildman–Crippen MR) is 92.6 cm³/mol. The number of anilines is 1. The molecular formula is C18H21N5O. The molecule has 0 aliphatic carbocycles. The number of benzene rings is 1. The third kappa shape index (κ3) is 3.33. The summed E-state index contributed by atoms with van der Waals surface area (Å²) in [5.74, 6) is 0.772. The second-order valence-electron chi connectivity index (χ2n) is 6.07. The van der Waals surface area contributed by atoms with E-state index in [9.17, 15) is 0 Å². The zero-order valence-corrected chi connectivity index (χ0v) is 13.5. The topological polar surface area (TPSA) is 67.9 Å². The third-order valence-corrected chi connectivity index (χ3v) is 4.40. The average Bonchev–Trinajstić information content (AvgIpc) is 3.33. The zero-order valence-electron chi connectivity index (χ0n) is 13.5. The fourth-order valence-electron chi connectivity index (χ4n) is 3.08. The maximum absolute atomic E-state index is 5.35. The summed E-state index contributed by atoms with van der Waals surface area (Å²) >= 11 is 0. The van der Waals surface area contributed by atoms with Gasteiger partial charge in [-0.15, -0.1) is 0 Å². The summed E-state index contributed by atoms with van der Waals surface area (Å²) < 4.78 is 7.46. The van der Waals surface area contributed by atoms with Crippen LogP contribution in [-0.2, 0) is 6.54 Å². The van der Waals surface area contributed by atoms with Crippen LogP contribution in [0.3, 0.4) is 0 Å². The van der Waals surface area contributed by atoms with Gasteiger partial charge in [0, 0.05) is 17.4 Å². The van der Waals surface area contributed by atoms with Gasteiger partial charge >= 0.3 is 0 Å². The van der Waals surface area contributed by atoms with Crippen LogP contribution in [0.4, 0.5) is 5.69 Å². The van der Waals surface area contributed by atoms with Crippen molar-refractivity contribution in [3.8, 4) is 11.3 Å². The Morgan fingerprint density at radius 2 is 2.17 bits per heavy atom. The first kappa shape index (κ1) is 15.0. The largest absolute Gasteiger partial charge is 0.444 e. The molecular weight excluding hydrogens is 302 g/mol. The summed E-state index contributed by atoms with van der Waals surface area (Å²) in [5, 5.41) is 11.5. The number of oxazole rings is 1. The highest BCUT2D eigenvalue weighted by Crippen LogP contribution is 2.22. The van der Waals surface area contributed by atoms with Gasteiger partial charge in [-0.2, -0.15) is 5.10 Å². The first-order valence-electron chi connectivity index (χ1n) is 8.36. The molecule has 1 aliphatic rings. The lowest BCUT2D eigenvalue weighted by Crippen LogP contribution is -2.29. The van der Waals surface area contributed by atoms with Gasteiger partial charge in [-0.1, -0.05) is 12.1 Å². The molecule has 2 N–H and O–H groups in total. The summed E-state index contributed by atoms with van der Waals surface area (Å²) in [4.78, 5) is 3.96. The summed E-state index contributed by atoms with van der Waals surface area (Å²) in [5.41, 5.74) is 3.11. The van der Waals surface area contributed by atoms with Crippen molar-refractivity contribution in [1.82, 2.24) is 20.1 Å². The van der Waals surface area contributed by atoms with E-state index in [1.165, 1.54) is 6.39 Å². The normalized spacial score (nSPS) is 15.5. The molecule has 0 unspecified atom stereocenters. The SMILES string of the molecule is c1cc(NCc2ccn(C3CCNCC3)n2)cc(-c2cnco2)c1. The lowest BCUT2D eigenvalue weighted by atomic mass is 10.1. The molecule has 6 nitrogen and oxygen atoms in total. The molecule has 6 heteroatoms. The standard InChI is InChI=1S/C18H21N5O/c1-2-14(18-12-20-13-24-18)10-15(3-1)21-11-16-6-9-23(22-16)17-4-7-19-8-5-17/h1-3,6,9-10,12-13,17,19,21H,4-5,7-8,11H2. The van der Waals surface area contributed by atoms with Crippen molar-refractivity contribution >= 4 is 5.69 Å². The highest BCUT2D eigenvalue weighted by Gasteiger charge is 2.15. The summed E-state index contributed by atoms with van der Waals surface area (Å²) in [6, 6.07) is 10.7. The molecule has 4 rings (SSSR count). The van der Waals surface area contributed by atoms with Crippen molar-refractivity contribution in [2.45, 2.75) is 25.4 Å². The number of hydrogen-bond acceptors (Lipinski definition) is 5. The number of rotatable bonds is 5. The van der Waals surface area contributed by atoms with E-state index in [0.717, 1.165) is 48.6 Å². The Morgan fingerprint density at radius 1 is 1.25 bits per heavy atom. The van der Waals surface area contributed by atoms with Gasteiger partial charge in [0.2, 0.25) is 0 Å². The summed E-state index contributed by atoms with van der Waals surface area (Å²) in [7, 11) is 0. The minimum atomic E-state index is 0.523. The molecule has 1 aromatic carbocycles. The molecule has 24 heavy (non-hydrogen) atoms. The maximum atomic E-state index is 5.35. The highest BCUT2D eigenvalue weighted by atomic mass is 16.3. The van der Waals surface area contributed by atoms with E-state index in [2.05, 4.69) is 38.6 Å². The van der Waals surface area contributed by atoms with Crippen LogP contribution < -0.4 is 10.6 Å². The van der Waals surface area contributed by atoms with Gasteiger partial charge in [0.15, 0.2) is 12.2 Å². The Bertz CT molecular complexity index is 774. The summed E-state index contributed by atoms with van der Waals surface area (Å²) in [6.45, 7) is 2.86. The minimum absolute atomic E-state index is 0.523. The van der Waals surface area contributed by atoms with Gasteiger partial charge in [0.25, 0.3) is 0 Å². The van der Waals surface area contributed by atoms with Gasteiger partial charge < -0.3 is 15.1 Å². The number of aromatic nitrogens is 3. The summed E-state index contributed by atoms with van der Waals surface area (Å²) in [6.07, 6.45) is 7.56. The van der Waals surface area contributed by atoms with Gasteiger partial charge in [0.05, 0.1) is 24.5 Å². The van der Waals surface area contributed by atoms with Crippen LogP contribution >= 0.6 is 0 Å². The molecule has 124 valence electrons. The molecule has 0 radical (unpaired) electrons. The molecule has 0 amide bonds. The Kier molecular flexibility index (Phi) is 4.29. The van der Waals surface area contributed by atoms with Crippen LogP contribution in [0.5, 0.6) is 0 Å². The van der Waals surface area contributed by atoms with Crippen LogP contribution in [-0.4, -0.2) is 27.9 Å². The molecule has 0 spiro atoms. The van der Waals surface area contributed by atoms with Gasteiger partial charge in [-0.05, 0) is 44.1 Å². The van der Waals surface area contributed by atoms with Crippen LogP contribution in [0.2, 0.25) is 0 Å². The highest BCUT2D eigenvalue weighted by molar-refractivity contribution is 5.63. The van der Waals surface area contributed by atoms with Crippen molar-refractivity contribution in [3.63, 3.8) is 0 Å². The van der Waals surface area contributed by atoms with E-state index in [1.54, 1.807) is 6.20 Å². The molecule has 1 saturated heterocycles. The molecule has 0 saturated carbocycles. The molecule has 3 heterocycles. The molecule has 0 atom stereocenters. The second-order valence-corrected chi connectivity index (χ2v) is 6.07. The van der Waals surface area contributed by atoms with Crippen molar-refractivity contribution in [2.24, 2.45) is 0 Å². The number of piperidine rings is 1. The van der Waals surface area contributed by atoms with E-state index >= 15 is 0 Å². The van der Waals surface area contributed by atoms with Crippen LogP contribution in [0.15, 0.2) is 53.5 Å². The molecule has 2 aromatic heterocycles. The second kappa shape index (κ2) is 6.88. The monoisotopic (exact) mass is 323 g/mol. The van der Waals surface area contributed by atoms with Crippen LogP contribution in [0.1, 0.15) is 24.6 Å². The van der Waals surface area contributed by atoms with Gasteiger partial charge in [-0.3, -0.25) is 4.68 Å². The van der Waals surface area contributed by atoms with Crippen molar-refractivity contribution in [3.05, 3.63) is 54.8 Å². The number of hydrogen-bond donors (Lipinski definition) is 2. The maximum Gasteiger partial charge on any atom is 0.181 e. The van der Waals surface area contributed by atoms with Crippen molar-refractivity contribution in [2.75, 3.05) is 18.4 Å².